The molecule has 7 nitrogen and oxygen atoms in total. The Balaban J connectivity index is 1.42. The predicted octanol–water partition coefficient (Wildman–Crippen LogP) is 3.76. The number of hydrogen-bond acceptors (Lipinski definition) is 5. The van der Waals surface area contributed by atoms with Crippen molar-refractivity contribution in [3.05, 3.63) is 29.6 Å². The normalized spacial score (nSPS) is 21.3. The monoisotopic (exact) mass is 433 g/mol. The molecule has 0 unspecified atom stereocenters. The third kappa shape index (κ3) is 4.22. The van der Waals surface area contributed by atoms with Gasteiger partial charge in [-0.3, -0.25) is 4.90 Å². The van der Waals surface area contributed by atoms with E-state index in [1.165, 1.54) is 6.07 Å². The van der Waals surface area contributed by atoms with Crippen molar-refractivity contribution in [3.8, 4) is 0 Å². The smallest absolute Gasteiger partial charge is 0.414 e. The number of nitrogens with zero attached hydrogens (tertiary/aromatic N) is 3. The van der Waals surface area contributed by atoms with Crippen molar-refractivity contribution in [2.75, 3.05) is 50.8 Å². The molecule has 3 aliphatic heterocycles. The molecule has 170 valence electrons. The molecule has 2 amide bonds. The quantitative estimate of drug-likeness (QED) is 0.727. The molecule has 1 aromatic rings. The first-order valence-electron chi connectivity index (χ1n) is 11.4. The van der Waals surface area contributed by atoms with E-state index in [1.807, 2.05) is 6.92 Å². The molecule has 8 heteroatoms. The summed E-state index contributed by atoms with van der Waals surface area (Å²) in [6.45, 7) is 8.11. The van der Waals surface area contributed by atoms with Crippen molar-refractivity contribution in [2.45, 2.75) is 51.0 Å². The highest BCUT2D eigenvalue weighted by Gasteiger charge is 2.47. The Kier molecular flexibility index (Phi) is 6.36. The molecule has 2 fully saturated rings. The van der Waals surface area contributed by atoms with E-state index in [9.17, 15) is 14.0 Å². The number of halogens is 1. The highest BCUT2D eigenvalue weighted by molar-refractivity contribution is 5.91. The highest BCUT2D eigenvalue weighted by atomic mass is 19.1. The van der Waals surface area contributed by atoms with E-state index in [-0.39, 0.29) is 23.4 Å². The molecule has 1 aromatic carbocycles. The molecule has 0 atom stereocenters. The standard InChI is InChI=1S/C23H32FN3O4/c1-3-30-21(28)26-11-7-18(8-12-26)25-13-9-23(10-14-25)16-27(22(29)31-4-2)20-6-5-17(24)15-19(20)23/h5-6,15,18H,3-4,7-14,16H2,1-2H3. The molecule has 3 aliphatic rings. The van der Waals surface area contributed by atoms with E-state index in [4.69, 9.17) is 9.47 Å². The van der Waals surface area contributed by atoms with Crippen LogP contribution in [0.4, 0.5) is 19.7 Å². The second-order valence-electron chi connectivity index (χ2n) is 8.68. The topological polar surface area (TPSA) is 62.3 Å². The number of ether oxygens (including phenoxy) is 2. The molecule has 0 saturated carbocycles. The number of hydrogen-bond donors (Lipinski definition) is 0. The molecule has 0 aliphatic carbocycles. The zero-order chi connectivity index (χ0) is 22.0. The molecule has 0 radical (unpaired) electrons. The van der Waals surface area contributed by atoms with Crippen LogP contribution in [0.2, 0.25) is 0 Å². The van der Waals surface area contributed by atoms with Crippen molar-refractivity contribution in [3.63, 3.8) is 0 Å². The maximum Gasteiger partial charge on any atom is 0.414 e. The van der Waals surface area contributed by atoms with Crippen LogP contribution in [0.15, 0.2) is 18.2 Å². The Morgan fingerprint density at radius 2 is 1.68 bits per heavy atom. The first kappa shape index (κ1) is 21.9. The molecule has 0 N–H and O–H groups in total. The summed E-state index contributed by atoms with van der Waals surface area (Å²) in [5.41, 5.74) is 1.47. The number of fused-ring (bicyclic) bond motifs is 2. The number of anilines is 1. The van der Waals surface area contributed by atoms with E-state index in [2.05, 4.69) is 4.90 Å². The Labute approximate surface area is 183 Å². The summed E-state index contributed by atoms with van der Waals surface area (Å²) in [6.07, 6.45) is 3.04. The Morgan fingerprint density at radius 1 is 1.03 bits per heavy atom. The maximum absolute atomic E-state index is 14.1. The van der Waals surface area contributed by atoms with Gasteiger partial charge in [0.15, 0.2) is 0 Å². The zero-order valence-electron chi connectivity index (χ0n) is 18.4. The van der Waals surface area contributed by atoms with Crippen LogP contribution in [0.1, 0.15) is 45.1 Å². The Hall–Kier alpha value is -2.35. The number of amides is 2. The summed E-state index contributed by atoms with van der Waals surface area (Å²) in [6, 6.07) is 5.16. The van der Waals surface area contributed by atoms with Gasteiger partial charge in [-0.1, -0.05) is 0 Å². The minimum absolute atomic E-state index is 0.220. The van der Waals surface area contributed by atoms with E-state index in [0.29, 0.717) is 25.8 Å². The molecular formula is C23H32FN3O4. The molecule has 3 heterocycles. The third-order valence-electron chi connectivity index (χ3n) is 7.03. The molecule has 31 heavy (non-hydrogen) atoms. The van der Waals surface area contributed by atoms with Gasteiger partial charge in [-0.05, 0) is 76.4 Å². The molecule has 0 aromatic heterocycles. The van der Waals surface area contributed by atoms with Gasteiger partial charge in [-0.25, -0.2) is 14.0 Å². The van der Waals surface area contributed by atoms with Crippen molar-refractivity contribution in [1.82, 2.24) is 9.80 Å². The van der Waals surface area contributed by atoms with Crippen LogP contribution in [-0.4, -0.2) is 74.0 Å². The average molecular weight is 434 g/mol. The van der Waals surface area contributed by atoms with Crippen LogP contribution in [0.5, 0.6) is 0 Å². The molecule has 4 rings (SSSR count). The molecule has 2 saturated heterocycles. The lowest BCUT2D eigenvalue weighted by Gasteiger charge is -2.45. The van der Waals surface area contributed by atoms with Crippen LogP contribution in [0, 0.1) is 5.82 Å². The number of benzene rings is 1. The second-order valence-corrected chi connectivity index (χ2v) is 8.68. The zero-order valence-corrected chi connectivity index (χ0v) is 18.4. The first-order chi connectivity index (χ1) is 15.0. The summed E-state index contributed by atoms with van der Waals surface area (Å²) in [5.74, 6) is -0.266. The van der Waals surface area contributed by atoms with Crippen LogP contribution in [-0.2, 0) is 14.9 Å². The van der Waals surface area contributed by atoms with Gasteiger partial charge in [0.1, 0.15) is 5.82 Å². The lowest BCUT2D eigenvalue weighted by molar-refractivity contribution is 0.0577. The van der Waals surface area contributed by atoms with Gasteiger partial charge in [-0.15, -0.1) is 0 Å². The fourth-order valence-electron chi connectivity index (χ4n) is 5.38. The van der Waals surface area contributed by atoms with Crippen LogP contribution < -0.4 is 4.90 Å². The second kappa shape index (κ2) is 9.02. The Morgan fingerprint density at radius 3 is 2.32 bits per heavy atom. The van der Waals surface area contributed by atoms with Gasteiger partial charge in [0.2, 0.25) is 0 Å². The minimum Gasteiger partial charge on any atom is -0.450 e. The van der Waals surface area contributed by atoms with Crippen LogP contribution >= 0.6 is 0 Å². The van der Waals surface area contributed by atoms with Gasteiger partial charge in [-0.2, -0.15) is 0 Å². The lowest BCUT2D eigenvalue weighted by Crippen LogP contribution is -2.52. The predicted molar refractivity (Wildman–Crippen MR) is 115 cm³/mol. The summed E-state index contributed by atoms with van der Waals surface area (Å²) < 4.78 is 24.5. The number of carbonyl (C=O) groups excluding carboxylic acids is 2. The number of likely N-dealkylation sites (tertiary alicyclic amines) is 2. The SMILES string of the molecule is CCOC(=O)N1CCC(N2CCC3(CC2)CN(C(=O)OCC)c2ccc(F)cc23)CC1. The maximum atomic E-state index is 14.1. The van der Waals surface area contributed by atoms with Gasteiger partial charge < -0.3 is 19.3 Å². The van der Waals surface area contributed by atoms with Crippen molar-refractivity contribution in [1.29, 1.82) is 0 Å². The number of piperidine rings is 2. The van der Waals surface area contributed by atoms with Crippen molar-refractivity contribution >= 4 is 17.9 Å². The van der Waals surface area contributed by atoms with E-state index < -0.39 is 0 Å². The van der Waals surface area contributed by atoms with Gasteiger partial charge in [0, 0.05) is 31.1 Å². The van der Waals surface area contributed by atoms with E-state index >= 15 is 0 Å². The van der Waals surface area contributed by atoms with Gasteiger partial charge >= 0.3 is 12.2 Å². The summed E-state index contributed by atoms with van der Waals surface area (Å²) in [4.78, 5) is 30.4. The number of carbonyl (C=O) groups is 2. The van der Waals surface area contributed by atoms with E-state index in [1.54, 1.807) is 28.9 Å². The molecular weight excluding hydrogens is 401 g/mol. The number of rotatable bonds is 3. The molecule has 0 bridgehead atoms. The first-order valence-corrected chi connectivity index (χ1v) is 11.4. The summed E-state index contributed by atoms with van der Waals surface area (Å²) in [5, 5.41) is 0. The lowest BCUT2D eigenvalue weighted by atomic mass is 9.74. The summed E-state index contributed by atoms with van der Waals surface area (Å²) in [7, 11) is 0. The minimum atomic E-state index is -0.360. The Bertz CT molecular complexity index is 817. The van der Waals surface area contributed by atoms with Gasteiger partial charge in [0.25, 0.3) is 0 Å². The van der Waals surface area contributed by atoms with Crippen LogP contribution in [0.25, 0.3) is 0 Å². The summed E-state index contributed by atoms with van der Waals surface area (Å²) >= 11 is 0. The fraction of sp³-hybridized carbons (Fsp3) is 0.652. The average Bonchev–Trinajstić information content (AvgIpc) is 3.08. The fourth-order valence-corrected chi connectivity index (χ4v) is 5.38. The van der Waals surface area contributed by atoms with Crippen LogP contribution in [0.3, 0.4) is 0 Å². The van der Waals surface area contributed by atoms with E-state index in [0.717, 1.165) is 63.1 Å². The third-order valence-corrected chi connectivity index (χ3v) is 7.03. The van der Waals surface area contributed by atoms with Gasteiger partial charge in [0.05, 0.1) is 18.9 Å². The largest absolute Gasteiger partial charge is 0.450 e. The molecule has 1 spiro atoms. The highest BCUT2D eigenvalue weighted by Crippen LogP contribution is 2.48. The van der Waals surface area contributed by atoms with Crippen molar-refractivity contribution < 1.29 is 23.5 Å². The van der Waals surface area contributed by atoms with Crippen molar-refractivity contribution in [2.24, 2.45) is 0 Å².